The Balaban J connectivity index is 2.07. The summed E-state index contributed by atoms with van der Waals surface area (Å²) in [5, 5.41) is 3.94. The van der Waals surface area contributed by atoms with E-state index >= 15 is 0 Å². The van der Waals surface area contributed by atoms with E-state index in [1.807, 2.05) is 30.3 Å². The number of nitrogens with one attached hydrogen (secondary N) is 1. The molecule has 0 unspecified atom stereocenters. The number of hydrogen-bond acceptors (Lipinski definition) is 2. The van der Waals surface area contributed by atoms with Crippen LogP contribution in [0.3, 0.4) is 0 Å². The van der Waals surface area contributed by atoms with Gasteiger partial charge in [-0.2, -0.15) is 0 Å². The maximum atomic E-state index is 5.91. The van der Waals surface area contributed by atoms with Gasteiger partial charge in [0.1, 0.15) is 5.76 Å². The van der Waals surface area contributed by atoms with Gasteiger partial charge in [-0.1, -0.05) is 11.6 Å². The quantitative estimate of drug-likeness (QED) is 0.821. The first-order valence-electron chi connectivity index (χ1n) is 4.58. The first-order valence-corrected chi connectivity index (χ1v) is 6.54. The Kier molecular flexibility index (Phi) is 3.95. The van der Waals surface area contributed by atoms with Gasteiger partial charge in [0, 0.05) is 9.50 Å². The third-order valence-electron chi connectivity index (χ3n) is 2.01. The highest BCUT2D eigenvalue weighted by Crippen LogP contribution is 2.26. The van der Waals surface area contributed by atoms with E-state index in [2.05, 4.69) is 37.2 Å². The Morgan fingerprint density at radius 3 is 2.69 bits per heavy atom. The predicted octanol–water partition coefficient (Wildman–Crippen LogP) is 5.07. The van der Waals surface area contributed by atoms with Crippen LogP contribution in [-0.4, -0.2) is 0 Å². The molecule has 0 saturated carbocycles. The average molecular weight is 365 g/mol. The SMILES string of the molecule is Clc1ccc(Br)c(NCc2ccc(Br)o2)c1. The molecule has 1 aromatic heterocycles. The molecule has 0 aliphatic rings. The Hall–Kier alpha value is -0.450. The van der Waals surface area contributed by atoms with Crippen LogP contribution in [0.4, 0.5) is 5.69 Å². The van der Waals surface area contributed by atoms with Gasteiger partial charge in [-0.25, -0.2) is 0 Å². The standard InChI is InChI=1S/C11H8Br2ClNO/c12-9-3-1-7(14)5-10(9)15-6-8-2-4-11(13)16-8/h1-5,15H,6H2. The highest BCUT2D eigenvalue weighted by atomic mass is 79.9. The zero-order valence-electron chi connectivity index (χ0n) is 8.14. The number of furan rings is 1. The van der Waals surface area contributed by atoms with Crippen molar-refractivity contribution in [2.24, 2.45) is 0 Å². The molecule has 0 fully saturated rings. The highest BCUT2D eigenvalue weighted by molar-refractivity contribution is 9.10. The molecule has 0 spiro atoms. The van der Waals surface area contributed by atoms with Crippen LogP contribution >= 0.6 is 43.5 Å². The fourth-order valence-electron chi connectivity index (χ4n) is 1.26. The van der Waals surface area contributed by atoms with Crippen molar-refractivity contribution in [3.8, 4) is 0 Å². The summed E-state index contributed by atoms with van der Waals surface area (Å²) in [6.45, 7) is 0.616. The molecule has 1 heterocycles. The molecular formula is C11H8Br2ClNO. The van der Waals surface area contributed by atoms with Crippen molar-refractivity contribution in [3.63, 3.8) is 0 Å². The van der Waals surface area contributed by atoms with Crippen molar-refractivity contribution in [1.82, 2.24) is 0 Å². The lowest BCUT2D eigenvalue weighted by atomic mass is 10.3. The Bertz CT molecular complexity index is 498. The average Bonchev–Trinajstić information content (AvgIpc) is 2.66. The maximum absolute atomic E-state index is 5.91. The van der Waals surface area contributed by atoms with E-state index < -0.39 is 0 Å². The van der Waals surface area contributed by atoms with Gasteiger partial charge in [0.15, 0.2) is 4.67 Å². The van der Waals surface area contributed by atoms with Crippen LogP contribution in [0.2, 0.25) is 5.02 Å². The molecule has 0 amide bonds. The van der Waals surface area contributed by atoms with Gasteiger partial charge in [0.05, 0.1) is 12.2 Å². The Morgan fingerprint density at radius 2 is 2.00 bits per heavy atom. The summed E-state index contributed by atoms with van der Waals surface area (Å²) < 4.78 is 7.09. The smallest absolute Gasteiger partial charge is 0.169 e. The lowest BCUT2D eigenvalue weighted by Gasteiger charge is -2.07. The molecule has 2 rings (SSSR count). The van der Waals surface area contributed by atoms with Crippen LogP contribution in [0.25, 0.3) is 0 Å². The molecule has 0 radical (unpaired) electrons. The van der Waals surface area contributed by atoms with Crippen molar-refractivity contribution in [1.29, 1.82) is 0 Å². The fraction of sp³-hybridized carbons (Fsp3) is 0.0909. The van der Waals surface area contributed by atoms with Crippen molar-refractivity contribution in [2.45, 2.75) is 6.54 Å². The molecule has 0 bridgehead atoms. The van der Waals surface area contributed by atoms with Gasteiger partial charge < -0.3 is 9.73 Å². The predicted molar refractivity (Wildman–Crippen MR) is 72.9 cm³/mol. The lowest BCUT2D eigenvalue weighted by Crippen LogP contribution is -1.98. The molecule has 16 heavy (non-hydrogen) atoms. The summed E-state index contributed by atoms with van der Waals surface area (Å²) in [5.41, 5.74) is 0.944. The summed E-state index contributed by atoms with van der Waals surface area (Å²) in [4.78, 5) is 0. The summed E-state index contributed by atoms with van der Waals surface area (Å²) >= 11 is 12.6. The molecular weight excluding hydrogens is 357 g/mol. The van der Waals surface area contributed by atoms with Crippen LogP contribution in [0.1, 0.15) is 5.76 Å². The van der Waals surface area contributed by atoms with Crippen LogP contribution in [0.15, 0.2) is 43.9 Å². The van der Waals surface area contributed by atoms with E-state index in [9.17, 15) is 0 Å². The zero-order chi connectivity index (χ0) is 11.5. The highest BCUT2D eigenvalue weighted by Gasteiger charge is 2.03. The van der Waals surface area contributed by atoms with Gasteiger partial charge >= 0.3 is 0 Å². The van der Waals surface area contributed by atoms with Gasteiger partial charge in [-0.05, 0) is 62.2 Å². The number of anilines is 1. The van der Waals surface area contributed by atoms with Crippen LogP contribution in [0.5, 0.6) is 0 Å². The van der Waals surface area contributed by atoms with Crippen LogP contribution in [0, 0.1) is 0 Å². The van der Waals surface area contributed by atoms with Crippen molar-refractivity contribution in [3.05, 3.63) is 50.3 Å². The minimum Gasteiger partial charge on any atom is -0.452 e. The summed E-state index contributed by atoms with van der Waals surface area (Å²) in [7, 11) is 0. The van der Waals surface area contributed by atoms with Gasteiger partial charge in [-0.3, -0.25) is 0 Å². The van der Waals surface area contributed by atoms with Crippen LogP contribution in [-0.2, 0) is 6.54 Å². The minimum absolute atomic E-state index is 0.616. The van der Waals surface area contributed by atoms with Gasteiger partial charge in [0.25, 0.3) is 0 Å². The first-order chi connectivity index (χ1) is 7.65. The molecule has 1 aromatic carbocycles. The molecule has 84 valence electrons. The van der Waals surface area contributed by atoms with Gasteiger partial charge in [0.2, 0.25) is 0 Å². The zero-order valence-corrected chi connectivity index (χ0v) is 12.1. The molecule has 0 saturated heterocycles. The third kappa shape index (κ3) is 3.03. The second-order valence-corrected chi connectivity index (χ2v) is 5.26. The van der Waals surface area contributed by atoms with Crippen molar-refractivity contribution < 1.29 is 4.42 Å². The maximum Gasteiger partial charge on any atom is 0.169 e. The van der Waals surface area contributed by atoms with E-state index in [1.165, 1.54) is 0 Å². The fourth-order valence-corrected chi connectivity index (χ4v) is 2.16. The summed E-state index contributed by atoms with van der Waals surface area (Å²) in [6.07, 6.45) is 0. The van der Waals surface area contributed by atoms with E-state index in [-0.39, 0.29) is 0 Å². The number of benzene rings is 1. The normalized spacial score (nSPS) is 10.4. The van der Waals surface area contributed by atoms with Crippen LogP contribution < -0.4 is 5.32 Å². The van der Waals surface area contributed by atoms with Crippen molar-refractivity contribution in [2.75, 3.05) is 5.32 Å². The molecule has 0 atom stereocenters. The van der Waals surface area contributed by atoms with Gasteiger partial charge in [-0.15, -0.1) is 0 Å². The molecule has 5 heteroatoms. The first kappa shape index (κ1) is 12.0. The Morgan fingerprint density at radius 1 is 1.19 bits per heavy atom. The van der Waals surface area contributed by atoms with E-state index in [0.717, 1.165) is 20.6 Å². The molecule has 0 aliphatic heterocycles. The second kappa shape index (κ2) is 5.25. The minimum atomic E-state index is 0.616. The largest absolute Gasteiger partial charge is 0.452 e. The van der Waals surface area contributed by atoms with Crippen molar-refractivity contribution >= 4 is 49.1 Å². The number of rotatable bonds is 3. The molecule has 2 nitrogen and oxygen atoms in total. The number of hydrogen-bond donors (Lipinski definition) is 1. The van der Waals surface area contributed by atoms with E-state index in [4.69, 9.17) is 16.0 Å². The third-order valence-corrected chi connectivity index (χ3v) is 3.36. The lowest BCUT2D eigenvalue weighted by molar-refractivity contribution is 0.495. The van der Waals surface area contributed by atoms with E-state index in [0.29, 0.717) is 11.6 Å². The van der Waals surface area contributed by atoms with E-state index in [1.54, 1.807) is 0 Å². The monoisotopic (exact) mass is 363 g/mol. The second-order valence-electron chi connectivity index (χ2n) is 3.18. The molecule has 2 aromatic rings. The molecule has 0 aliphatic carbocycles. The summed E-state index contributed by atoms with van der Waals surface area (Å²) in [6, 6.07) is 9.38. The Labute approximate surface area is 115 Å². The number of halogens is 3. The molecule has 1 N–H and O–H groups in total. The summed E-state index contributed by atoms with van der Waals surface area (Å²) in [5.74, 6) is 0.860. The topological polar surface area (TPSA) is 25.2 Å².